The highest BCUT2D eigenvalue weighted by Crippen LogP contribution is 2.46. The third kappa shape index (κ3) is 8.60. The number of hydrogen-bond donors (Lipinski definition) is 3. The van der Waals surface area contributed by atoms with Crippen LogP contribution in [-0.4, -0.2) is 42.1 Å². The number of rotatable bonds is 11. The van der Waals surface area contributed by atoms with Crippen molar-refractivity contribution in [3.63, 3.8) is 0 Å². The van der Waals surface area contributed by atoms with Crippen LogP contribution in [0.25, 0.3) is 0 Å². The van der Waals surface area contributed by atoms with Crippen LogP contribution in [0.3, 0.4) is 0 Å². The van der Waals surface area contributed by atoms with E-state index in [1.165, 1.54) is 6.42 Å². The van der Waals surface area contributed by atoms with Crippen molar-refractivity contribution in [2.24, 2.45) is 17.3 Å². The number of alkyl carbamates (subject to hydrolysis) is 1. The van der Waals surface area contributed by atoms with Crippen LogP contribution in [0.15, 0.2) is 24.3 Å². The highest BCUT2D eigenvalue weighted by atomic mass is 35.5. The summed E-state index contributed by atoms with van der Waals surface area (Å²) in [6.07, 6.45) is 8.89. The van der Waals surface area contributed by atoms with Gasteiger partial charge in [-0.2, -0.15) is 5.26 Å². The van der Waals surface area contributed by atoms with E-state index in [9.17, 15) is 19.6 Å². The molecule has 3 aliphatic rings. The van der Waals surface area contributed by atoms with Crippen LogP contribution in [0.2, 0.25) is 5.02 Å². The van der Waals surface area contributed by atoms with Crippen molar-refractivity contribution in [1.29, 1.82) is 5.26 Å². The number of ether oxygens (including phenoxy) is 1. The molecule has 0 radical (unpaired) electrons. The summed E-state index contributed by atoms with van der Waals surface area (Å²) in [6, 6.07) is 8.15. The van der Waals surface area contributed by atoms with Gasteiger partial charge in [0.15, 0.2) is 0 Å². The molecule has 1 heterocycles. The van der Waals surface area contributed by atoms with E-state index in [0.29, 0.717) is 30.2 Å². The number of hydrogen-bond acceptors (Lipinski definition) is 5. The van der Waals surface area contributed by atoms with E-state index in [0.717, 1.165) is 44.1 Å². The SMILES string of the molecule is CC(C)(COC(=O)N[C@@H](CC1CCCCC1)C(=O)N[C@H](C#N)CC1CC2(CC2)NC1=O)Cc1cccc(Cl)c1. The normalized spacial score (nSPS) is 21.9. The molecule has 1 aromatic rings. The number of carbonyl (C=O) groups excluding carboxylic acids is 3. The Labute approximate surface area is 236 Å². The molecule has 1 aromatic carbocycles. The average molecular weight is 557 g/mol. The van der Waals surface area contributed by atoms with Crippen LogP contribution in [0, 0.1) is 28.6 Å². The maximum atomic E-state index is 13.3. The monoisotopic (exact) mass is 556 g/mol. The average Bonchev–Trinajstić information content (AvgIpc) is 3.57. The van der Waals surface area contributed by atoms with E-state index in [4.69, 9.17) is 16.3 Å². The summed E-state index contributed by atoms with van der Waals surface area (Å²) in [5, 5.41) is 19.0. The van der Waals surface area contributed by atoms with Gasteiger partial charge in [0.1, 0.15) is 12.1 Å². The van der Waals surface area contributed by atoms with Gasteiger partial charge in [-0.3, -0.25) is 9.59 Å². The molecule has 3 fully saturated rings. The Bertz CT molecular complexity index is 1090. The van der Waals surface area contributed by atoms with E-state index < -0.39 is 24.1 Å². The van der Waals surface area contributed by atoms with Crippen molar-refractivity contribution in [2.45, 2.75) is 102 Å². The third-order valence-corrected chi connectivity index (χ3v) is 8.55. The quantitative estimate of drug-likeness (QED) is 0.352. The van der Waals surface area contributed by atoms with Crippen molar-refractivity contribution in [3.05, 3.63) is 34.9 Å². The molecule has 9 heteroatoms. The fraction of sp³-hybridized carbons (Fsp3) is 0.667. The van der Waals surface area contributed by atoms with Gasteiger partial charge in [0.25, 0.3) is 0 Å². The molecule has 1 saturated heterocycles. The first-order valence-corrected chi connectivity index (χ1v) is 14.6. The number of halogens is 1. The molecule has 212 valence electrons. The minimum Gasteiger partial charge on any atom is -0.449 e. The van der Waals surface area contributed by atoms with Gasteiger partial charge in [-0.05, 0) is 62.1 Å². The minimum atomic E-state index is -0.806. The molecule has 39 heavy (non-hydrogen) atoms. The fourth-order valence-corrected chi connectivity index (χ4v) is 6.25. The molecule has 2 aliphatic carbocycles. The Morgan fingerprint density at radius 2 is 1.95 bits per heavy atom. The summed E-state index contributed by atoms with van der Waals surface area (Å²) in [7, 11) is 0. The number of carbonyl (C=O) groups is 3. The lowest BCUT2D eigenvalue weighted by molar-refractivity contribution is -0.125. The predicted octanol–water partition coefficient (Wildman–Crippen LogP) is 5.04. The van der Waals surface area contributed by atoms with Gasteiger partial charge in [-0.15, -0.1) is 0 Å². The third-order valence-electron chi connectivity index (χ3n) is 8.31. The Morgan fingerprint density at radius 3 is 2.59 bits per heavy atom. The second-order valence-corrected chi connectivity index (χ2v) is 13.0. The molecule has 1 aliphatic heterocycles. The van der Waals surface area contributed by atoms with Gasteiger partial charge in [0, 0.05) is 21.9 Å². The first-order valence-electron chi connectivity index (χ1n) is 14.3. The molecule has 8 nitrogen and oxygen atoms in total. The molecular weight excluding hydrogens is 516 g/mol. The van der Waals surface area contributed by atoms with Gasteiger partial charge < -0.3 is 20.7 Å². The van der Waals surface area contributed by atoms with Crippen molar-refractivity contribution in [1.82, 2.24) is 16.0 Å². The second kappa shape index (κ2) is 12.6. The molecule has 4 rings (SSSR count). The number of benzene rings is 1. The zero-order valence-corrected chi connectivity index (χ0v) is 23.8. The summed E-state index contributed by atoms with van der Waals surface area (Å²) in [5.41, 5.74) is 0.633. The van der Waals surface area contributed by atoms with E-state index in [1.807, 2.05) is 38.1 Å². The molecule has 3 N–H and O–H groups in total. The first-order chi connectivity index (χ1) is 18.6. The van der Waals surface area contributed by atoms with E-state index in [-0.39, 0.29) is 35.8 Å². The molecule has 2 saturated carbocycles. The Kier molecular flexibility index (Phi) is 9.43. The maximum Gasteiger partial charge on any atom is 0.407 e. The summed E-state index contributed by atoms with van der Waals surface area (Å²) in [6.45, 7) is 4.19. The highest BCUT2D eigenvalue weighted by Gasteiger charge is 2.52. The largest absolute Gasteiger partial charge is 0.449 e. The molecule has 3 atom stereocenters. The summed E-state index contributed by atoms with van der Waals surface area (Å²) in [4.78, 5) is 38.6. The first kappa shape index (κ1) is 29.2. The van der Waals surface area contributed by atoms with Crippen LogP contribution in [0.1, 0.15) is 83.6 Å². The standard InChI is InChI=1S/C30H41ClN4O4/c1-29(2,16-21-9-6-10-23(31)13-21)19-39-28(38)34-25(14-20-7-4-3-5-8-20)27(37)33-24(18-32)15-22-17-30(11-12-30)35-26(22)36/h6,9-10,13,20,22,24-25H,3-5,7-8,11-12,14-17,19H2,1-2H3,(H,33,37)(H,34,38)(H,35,36)/t22?,24-,25-/m0/s1. The Hall–Kier alpha value is -2.79. The van der Waals surface area contributed by atoms with Crippen LogP contribution in [-0.2, 0) is 20.7 Å². The smallest absolute Gasteiger partial charge is 0.407 e. The van der Waals surface area contributed by atoms with Crippen molar-refractivity contribution in [2.75, 3.05) is 6.61 Å². The van der Waals surface area contributed by atoms with Crippen molar-refractivity contribution in [3.8, 4) is 6.07 Å². The van der Waals surface area contributed by atoms with Crippen molar-refractivity contribution < 1.29 is 19.1 Å². The topological polar surface area (TPSA) is 120 Å². The molecule has 0 aromatic heterocycles. The molecular formula is C30H41ClN4O4. The maximum absolute atomic E-state index is 13.3. The number of nitrogens with one attached hydrogen (secondary N) is 3. The summed E-state index contributed by atoms with van der Waals surface area (Å²) < 4.78 is 5.58. The van der Waals surface area contributed by atoms with Crippen LogP contribution >= 0.6 is 11.6 Å². The van der Waals surface area contributed by atoms with Crippen LogP contribution in [0.4, 0.5) is 4.79 Å². The lowest BCUT2D eigenvalue weighted by atomic mass is 9.84. The number of nitriles is 1. The Balaban J connectivity index is 1.33. The van der Waals surface area contributed by atoms with Gasteiger partial charge in [-0.25, -0.2) is 4.79 Å². The van der Waals surface area contributed by atoms with Gasteiger partial charge in [0.2, 0.25) is 11.8 Å². The summed E-state index contributed by atoms with van der Waals surface area (Å²) >= 11 is 6.11. The highest BCUT2D eigenvalue weighted by molar-refractivity contribution is 6.30. The van der Waals surface area contributed by atoms with E-state index in [1.54, 1.807) is 0 Å². The van der Waals surface area contributed by atoms with Crippen molar-refractivity contribution >= 4 is 29.5 Å². The predicted molar refractivity (Wildman–Crippen MR) is 149 cm³/mol. The van der Waals surface area contributed by atoms with Crippen LogP contribution in [0.5, 0.6) is 0 Å². The van der Waals surface area contributed by atoms with Gasteiger partial charge >= 0.3 is 6.09 Å². The molecule has 1 unspecified atom stereocenters. The van der Waals surface area contributed by atoms with E-state index >= 15 is 0 Å². The number of nitrogens with zero attached hydrogens (tertiary/aromatic N) is 1. The zero-order chi connectivity index (χ0) is 28.0. The minimum absolute atomic E-state index is 0.0390. The zero-order valence-electron chi connectivity index (χ0n) is 23.1. The molecule has 1 spiro atoms. The lowest BCUT2D eigenvalue weighted by Crippen LogP contribution is -2.51. The van der Waals surface area contributed by atoms with E-state index in [2.05, 4.69) is 22.0 Å². The lowest BCUT2D eigenvalue weighted by Gasteiger charge is -2.28. The Morgan fingerprint density at radius 1 is 1.21 bits per heavy atom. The molecule has 3 amide bonds. The second-order valence-electron chi connectivity index (χ2n) is 12.6. The fourth-order valence-electron chi connectivity index (χ4n) is 6.03. The number of amides is 3. The van der Waals surface area contributed by atoms with Gasteiger partial charge in [-0.1, -0.05) is 69.7 Å². The van der Waals surface area contributed by atoms with Crippen LogP contribution < -0.4 is 16.0 Å². The molecule has 0 bridgehead atoms. The summed E-state index contributed by atoms with van der Waals surface area (Å²) in [5.74, 6) is -0.400. The van der Waals surface area contributed by atoms with Gasteiger partial charge in [0.05, 0.1) is 12.7 Å².